The molecule has 1 aliphatic carbocycles. The van der Waals surface area contributed by atoms with Gasteiger partial charge in [-0.2, -0.15) is 0 Å². The van der Waals surface area contributed by atoms with Crippen LogP contribution in [0.25, 0.3) is 11.1 Å². The molecule has 1 saturated carbocycles. The maximum atomic E-state index is 13.1. The van der Waals surface area contributed by atoms with E-state index >= 15 is 0 Å². The van der Waals surface area contributed by atoms with E-state index < -0.39 is 0 Å². The van der Waals surface area contributed by atoms with Crippen LogP contribution < -0.4 is 0 Å². The zero-order valence-corrected chi connectivity index (χ0v) is 21.7. The van der Waals surface area contributed by atoms with Crippen LogP contribution in [0.3, 0.4) is 0 Å². The lowest BCUT2D eigenvalue weighted by Crippen LogP contribution is -2.54. The molecule has 2 heterocycles. The summed E-state index contributed by atoms with van der Waals surface area (Å²) < 4.78 is 0. The third-order valence-corrected chi connectivity index (χ3v) is 8.52. The number of nitrogens with zero attached hydrogens (tertiary/aromatic N) is 3. The van der Waals surface area contributed by atoms with Crippen molar-refractivity contribution in [1.82, 2.24) is 14.7 Å². The normalized spacial score (nSPS) is 20.1. The number of amides is 1. The minimum absolute atomic E-state index is 0.316. The summed E-state index contributed by atoms with van der Waals surface area (Å²) in [6.45, 7) is 8.59. The Morgan fingerprint density at radius 1 is 0.857 bits per heavy atom. The highest BCUT2D eigenvalue weighted by molar-refractivity contribution is 5.78. The van der Waals surface area contributed by atoms with Gasteiger partial charge in [-0.25, -0.2) is 0 Å². The van der Waals surface area contributed by atoms with E-state index in [9.17, 15) is 4.79 Å². The predicted molar refractivity (Wildman–Crippen MR) is 144 cm³/mol. The summed E-state index contributed by atoms with van der Waals surface area (Å²) in [6.07, 6.45) is 11.6. The topological polar surface area (TPSA) is 26.8 Å². The van der Waals surface area contributed by atoms with Crippen molar-refractivity contribution < 1.29 is 4.79 Å². The van der Waals surface area contributed by atoms with Crippen LogP contribution >= 0.6 is 0 Å². The van der Waals surface area contributed by atoms with E-state index in [-0.39, 0.29) is 0 Å². The highest BCUT2D eigenvalue weighted by Gasteiger charge is 2.28. The lowest BCUT2D eigenvalue weighted by atomic mass is 9.93. The summed E-state index contributed by atoms with van der Waals surface area (Å²) >= 11 is 0. The van der Waals surface area contributed by atoms with E-state index in [0.717, 1.165) is 51.7 Å². The van der Waals surface area contributed by atoms with Gasteiger partial charge in [-0.1, -0.05) is 75.1 Å². The molecule has 4 nitrogen and oxygen atoms in total. The van der Waals surface area contributed by atoms with E-state index in [2.05, 4.69) is 64.1 Å². The van der Waals surface area contributed by atoms with Gasteiger partial charge in [0.05, 0.1) is 6.54 Å². The molecule has 2 aromatic rings. The number of carbonyl (C=O) groups is 1. The predicted octanol–water partition coefficient (Wildman–Crippen LogP) is 5.53. The van der Waals surface area contributed by atoms with E-state index in [1.54, 1.807) is 0 Å². The maximum Gasteiger partial charge on any atom is 0.236 e. The molecule has 2 aromatic carbocycles. The minimum atomic E-state index is 0.316. The summed E-state index contributed by atoms with van der Waals surface area (Å²) in [6, 6.07) is 16.8. The Hall–Kier alpha value is -2.17. The molecular formula is C31H43N3O. The van der Waals surface area contributed by atoms with Gasteiger partial charge in [-0.15, -0.1) is 0 Å². The fraction of sp³-hybridized carbons (Fsp3) is 0.581. The van der Waals surface area contributed by atoms with Crippen molar-refractivity contribution in [3.05, 3.63) is 59.2 Å². The summed E-state index contributed by atoms with van der Waals surface area (Å²) in [4.78, 5) is 20.2. The molecule has 1 amide bonds. The van der Waals surface area contributed by atoms with Gasteiger partial charge in [0, 0.05) is 45.3 Å². The van der Waals surface area contributed by atoms with Gasteiger partial charge in [-0.05, 0) is 59.9 Å². The largest absolute Gasteiger partial charge is 0.339 e. The summed E-state index contributed by atoms with van der Waals surface area (Å²) in [5.41, 5.74) is 6.88. The molecule has 2 fully saturated rings. The SMILES string of the molecule is CCCCc1ccc(-c2ccc3c(c2)CCN(CC(=O)N2CCN(C4CCCCC4)CC2)C3)cc1. The first-order valence-corrected chi connectivity index (χ1v) is 14.1. The van der Waals surface area contributed by atoms with Gasteiger partial charge in [0.15, 0.2) is 0 Å². The Labute approximate surface area is 212 Å². The third-order valence-electron chi connectivity index (χ3n) is 8.52. The molecule has 3 aliphatic rings. The quantitative estimate of drug-likeness (QED) is 0.529. The number of carbonyl (C=O) groups excluding carboxylic acids is 1. The molecule has 0 spiro atoms. The maximum absolute atomic E-state index is 13.1. The van der Waals surface area contributed by atoms with Crippen LogP contribution in [0.15, 0.2) is 42.5 Å². The zero-order valence-electron chi connectivity index (χ0n) is 21.7. The number of aryl methyl sites for hydroxylation is 1. The zero-order chi connectivity index (χ0) is 24.0. The second-order valence-electron chi connectivity index (χ2n) is 11.0. The van der Waals surface area contributed by atoms with Crippen molar-refractivity contribution in [3.8, 4) is 11.1 Å². The van der Waals surface area contributed by atoms with Crippen LogP contribution in [-0.2, 0) is 24.2 Å². The lowest BCUT2D eigenvalue weighted by Gasteiger charge is -2.41. The molecule has 4 heteroatoms. The highest BCUT2D eigenvalue weighted by Crippen LogP contribution is 2.27. The fourth-order valence-electron chi connectivity index (χ4n) is 6.24. The Bertz CT molecular complexity index is 971. The van der Waals surface area contributed by atoms with Crippen molar-refractivity contribution in [1.29, 1.82) is 0 Å². The molecule has 1 saturated heterocycles. The minimum Gasteiger partial charge on any atom is -0.339 e. The smallest absolute Gasteiger partial charge is 0.236 e. The lowest BCUT2D eigenvalue weighted by molar-refractivity contribution is -0.134. The number of piperazine rings is 1. The molecule has 0 aromatic heterocycles. The van der Waals surface area contributed by atoms with Crippen molar-refractivity contribution >= 4 is 5.91 Å². The highest BCUT2D eigenvalue weighted by atomic mass is 16.2. The van der Waals surface area contributed by atoms with Crippen molar-refractivity contribution in [2.45, 2.75) is 77.3 Å². The van der Waals surface area contributed by atoms with Crippen LogP contribution in [0.1, 0.15) is 68.6 Å². The Morgan fingerprint density at radius 3 is 2.34 bits per heavy atom. The molecule has 0 unspecified atom stereocenters. The van der Waals surface area contributed by atoms with Crippen molar-refractivity contribution in [2.24, 2.45) is 0 Å². The van der Waals surface area contributed by atoms with Gasteiger partial charge < -0.3 is 4.90 Å². The van der Waals surface area contributed by atoms with Gasteiger partial charge in [0.2, 0.25) is 5.91 Å². The number of fused-ring (bicyclic) bond motifs is 1. The molecular weight excluding hydrogens is 430 g/mol. The summed E-state index contributed by atoms with van der Waals surface area (Å²) in [5, 5.41) is 0. The van der Waals surface area contributed by atoms with E-state index in [1.807, 2.05) is 0 Å². The molecule has 188 valence electrons. The van der Waals surface area contributed by atoms with Gasteiger partial charge in [0.1, 0.15) is 0 Å². The average Bonchev–Trinajstić information content (AvgIpc) is 2.92. The van der Waals surface area contributed by atoms with Crippen molar-refractivity contribution in [2.75, 3.05) is 39.3 Å². The first kappa shape index (κ1) is 24.5. The standard InChI is InChI=1S/C31H43N3O/c1-2-3-7-25-10-12-26(13-11-25)27-14-15-29-23-32(17-16-28(29)22-27)24-31(35)34-20-18-33(19-21-34)30-8-5-4-6-9-30/h10-15,22,30H,2-9,16-21,23-24H2,1H3. The Kier molecular flexibility index (Phi) is 8.20. The van der Waals surface area contributed by atoms with Crippen molar-refractivity contribution in [3.63, 3.8) is 0 Å². The Balaban J connectivity index is 1.12. The molecule has 0 radical (unpaired) electrons. The van der Waals surface area contributed by atoms with Gasteiger partial charge in [-0.3, -0.25) is 14.6 Å². The molecule has 0 N–H and O–H groups in total. The third kappa shape index (κ3) is 6.16. The molecule has 5 rings (SSSR count). The number of hydrogen-bond acceptors (Lipinski definition) is 3. The average molecular weight is 474 g/mol. The van der Waals surface area contributed by atoms with Crippen LogP contribution in [0.4, 0.5) is 0 Å². The van der Waals surface area contributed by atoms with Gasteiger partial charge >= 0.3 is 0 Å². The molecule has 0 atom stereocenters. The Morgan fingerprint density at radius 2 is 1.60 bits per heavy atom. The summed E-state index contributed by atoms with van der Waals surface area (Å²) in [7, 11) is 0. The molecule has 35 heavy (non-hydrogen) atoms. The fourth-order valence-corrected chi connectivity index (χ4v) is 6.24. The monoisotopic (exact) mass is 473 g/mol. The van der Waals surface area contributed by atoms with Crippen LogP contribution in [-0.4, -0.2) is 65.9 Å². The first-order chi connectivity index (χ1) is 17.2. The van der Waals surface area contributed by atoms with Crippen LogP contribution in [0, 0.1) is 0 Å². The number of unbranched alkanes of at least 4 members (excludes halogenated alkanes) is 1. The first-order valence-electron chi connectivity index (χ1n) is 14.1. The molecule has 0 bridgehead atoms. The van der Waals surface area contributed by atoms with E-state index in [1.165, 1.54) is 79.2 Å². The second-order valence-corrected chi connectivity index (χ2v) is 11.0. The summed E-state index contributed by atoms with van der Waals surface area (Å²) in [5.74, 6) is 0.316. The molecule has 2 aliphatic heterocycles. The van der Waals surface area contributed by atoms with Crippen LogP contribution in [0.2, 0.25) is 0 Å². The van der Waals surface area contributed by atoms with Gasteiger partial charge in [0.25, 0.3) is 0 Å². The number of rotatable bonds is 7. The van der Waals surface area contributed by atoms with E-state index in [0.29, 0.717) is 12.5 Å². The number of benzene rings is 2. The second kappa shape index (κ2) is 11.7. The van der Waals surface area contributed by atoms with Crippen LogP contribution in [0.5, 0.6) is 0 Å². The number of hydrogen-bond donors (Lipinski definition) is 0. The van der Waals surface area contributed by atoms with E-state index in [4.69, 9.17) is 0 Å².